The summed E-state index contributed by atoms with van der Waals surface area (Å²) in [5.41, 5.74) is 4.24. The third kappa shape index (κ3) is 2.26. The maximum atomic E-state index is 14.0. The van der Waals surface area contributed by atoms with Crippen LogP contribution in [0.15, 0.2) is 60.7 Å². The van der Waals surface area contributed by atoms with Crippen LogP contribution in [0.4, 0.5) is 5.69 Å². The molecule has 5 nitrogen and oxygen atoms in total. The number of nitrogens with zero attached hydrogens (tertiary/aromatic N) is 1. The molecular weight excluding hydrogens is 378 g/mol. The topological polar surface area (TPSA) is 48.0 Å². The van der Waals surface area contributed by atoms with Gasteiger partial charge in [-0.2, -0.15) is 0 Å². The first-order chi connectivity index (χ1) is 14.7. The van der Waals surface area contributed by atoms with Crippen LogP contribution < -0.4 is 19.1 Å². The Kier molecular flexibility index (Phi) is 3.63. The highest BCUT2D eigenvalue weighted by Gasteiger charge is 2.57. The van der Waals surface area contributed by atoms with Crippen molar-refractivity contribution < 1.29 is 19.0 Å². The van der Waals surface area contributed by atoms with Crippen LogP contribution in [0.2, 0.25) is 0 Å². The molecule has 3 aliphatic rings. The normalized spacial score (nSPS) is 20.8. The quantitative estimate of drug-likeness (QED) is 0.654. The van der Waals surface area contributed by atoms with Crippen molar-refractivity contribution in [2.45, 2.75) is 18.9 Å². The predicted molar refractivity (Wildman–Crippen MR) is 113 cm³/mol. The van der Waals surface area contributed by atoms with E-state index in [0.29, 0.717) is 37.0 Å². The van der Waals surface area contributed by atoms with Gasteiger partial charge in [0.05, 0.1) is 6.54 Å². The van der Waals surface area contributed by atoms with Gasteiger partial charge in [-0.1, -0.05) is 42.5 Å². The molecule has 3 heterocycles. The number of carbonyl (C=O) groups excluding carboxylic acids is 1. The predicted octanol–water partition coefficient (Wildman–Crippen LogP) is 3.99. The van der Waals surface area contributed by atoms with E-state index in [-0.39, 0.29) is 12.5 Å². The number of aryl methyl sites for hydroxylation is 1. The SMILES string of the molecule is Cc1ccccc1CN1C(=O)C2(COc3cc4c(cc32)OCCO4)c2ccccc21. The highest BCUT2D eigenvalue weighted by Crippen LogP contribution is 2.55. The highest BCUT2D eigenvalue weighted by molar-refractivity contribution is 6.11. The number of fused-ring (bicyclic) bond motifs is 5. The van der Waals surface area contributed by atoms with Crippen molar-refractivity contribution in [3.8, 4) is 17.2 Å². The first kappa shape index (κ1) is 17.4. The van der Waals surface area contributed by atoms with E-state index < -0.39 is 5.41 Å². The Hall–Kier alpha value is -3.47. The van der Waals surface area contributed by atoms with Crippen molar-refractivity contribution in [3.05, 3.63) is 82.9 Å². The van der Waals surface area contributed by atoms with Crippen LogP contribution in [0.1, 0.15) is 22.3 Å². The lowest BCUT2D eigenvalue weighted by Gasteiger charge is -2.25. The number of carbonyl (C=O) groups is 1. The molecule has 0 fully saturated rings. The van der Waals surface area contributed by atoms with Gasteiger partial charge in [-0.05, 0) is 35.7 Å². The van der Waals surface area contributed by atoms with Crippen molar-refractivity contribution in [2.75, 3.05) is 24.7 Å². The summed E-state index contributed by atoms with van der Waals surface area (Å²) in [4.78, 5) is 15.9. The first-order valence-corrected chi connectivity index (χ1v) is 10.2. The molecular formula is C25H21NO4. The van der Waals surface area contributed by atoms with E-state index in [1.54, 1.807) is 0 Å². The molecule has 3 aliphatic heterocycles. The molecule has 3 aromatic carbocycles. The minimum atomic E-state index is -0.857. The molecule has 1 spiro atoms. The van der Waals surface area contributed by atoms with Crippen LogP contribution in [-0.2, 0) is 16.8 Å². The van der Waals surface area contributed by atoms with Gasteiger partial charge in [0.1, 0.15) is 31.0 Å². The number of benzene rings is 3. The van der Waals surface area contributed by atoms with Gasteiger partial charge in [-0.3, -0.25) is 4.79 Å². The van der Waals surface area contributed by atoms with E-state index in [2.05, 4.69) is 19.1 Å². The summed E-state index contributed by atoms with van der Waals surface area (Å²) >= 11 is 0. The second-order valence-electron chi connectivity index (χ2n) is 8.02. The van der Waals surface area contributed by atoms with Gasteiger partial charge < -0.3 is 19.1 Å². The summed E-state index contributed by atoms with van der Waals surface area (Å²) < 4.78 is 17.6. The standard InChI is InChI=1S/C25H21NO4/c1-16-6-2-3-7-17(16)14-26-20-9-5-4-8-18(20)25(24(26)27)15-30-21-13-23-22(12-19(21)25)28-10-11-29-23/h2-9,12-13H,10-11,14-15H2,1H3. The summed E-state index contributed by atoms with van der Waals surface area (Å²) in [5, 5.41) is 0. The van der Waals surface area contributed by atoms with E-state index in [4.69, 9.17) is 14.2 Å². The summed E-state index contributed by atoms with van der Waals surface area (Å²) in [6.45, 7) is 3.91. The second-order valence-corrected chi connectivity index (χ2v) is 8.02. The molecule has 30 heavy (non-hydrogen) atoms. The zero-order valence-corrected chi connectivity index (χ0v) is 16.7. The molecule has 0 aromatic heterocycles. The summed E-state index contributed by atoms with van der Waals surface area (Å²) in [5.74, 6) is 2.09. The number of amides is 1. The van der Waals surface area contributed by atoms with Crippen molar-refractivity contribution in [2.24, 2.45) is 0 Å². The Morgan fingerprint density at radius 3 is 2.43 bits per heavy atom. The Morgan fingerprint density at radius 2 is 1.60 bits per heavy atom. The fourth-order valence-corrected chi connectivity index (χ4v) is 4.83. The molecule has 3 aromatic rings. The van der Waals surface area contributed by atoms with Gasteiger partial charge >= 0.3 is 0 Å². The Bertz CT molecular complexity index is 1190. The largest absolute Gasteiger partial charge is 0.491 e. The lowest BCUT2D eigenvalue weighted by Crippen LogP contribution is -2.42. The van der Waals surface area contributed by atoms with E-state index in [9.17, 15) is 4.79 Å². The van der Waals surface area contributed by atoms with Crippen LogP contribution in [0.5, 0.6) is 17.2 Å². The van der Waals surface area contributed by atoms with Crippen LogP contribution >= 0.6 is 0 Å². The number of hydrogen-bond donors (Lipinski definition) is 0. The number of hydrogen-bond acceptors (Lipinski definition) is 4. The molecule has 150 valence electrons. The maximum absolute atomic E-state index is 14.0. The van der Waals surface area contributed by atoms with Gasteiger partial charge in [0.15, 0.2) is 11.5 Å². The van der Waals surface area contributed by atoms with Crippen molar-refractivity contribution in [1.82, 2.24) is 0 Å². The van der Waals surface area contributed by atoms with Crippen molar-refractivity contribution in [3.63, 3.8) is 0 Å². The molecule has 0 bridgehead atoms. The minimum Gasteiger partial charge on any atom is -0.491 e. The van der Waals surface area contributed by atoms with Crippen LogP contribution in [0.3, 0.4) is 0 Å². The van der Waals surface area contributed by atoms with Crippen molar-refractivity contribution >= 4 is 11.6 Å². The molecule has 0 saturated heterocycles. The molecule has 0 aliphatic carbocycles. The average Bonchev–Trinajstić information content (AvgIpc) is 3.26. The summed E-state index contributed by atoms with van der Waals surface area (Å²) in [7, 11) is 0. The first-order valence-electron chi connectivity index (χ1n) is 10.2. The molecule has 5 heteroatoms. The number of rotatable bonds is 2. The number of anilines is 1. The molecule has 6 rings (SSSR count). The molecule has 0 radical (unpaired) electrons. The fraction of sp³-hybridized carbons (Fsp3) is 0.240. The van der Waals surface area contributed by atoms with E-state index in [1.165, 1.54) is 5.56 Å². The van der Waals surface area contributed by atoms with Gasteiger partial charge in [0, 0.05) is 17.3 Å². The fourth-order valence-electron chi connectivity index (χ4n) is 4.83. The number of para-hydroxylation sites is 1. The highest BCUT2D eigenvalue weighted by atomic mass is 16.6. The van der Waals surface area contributed by atoms with Crippen LogP contribution in [0.25, 0.3) is 0 Å². The van der Waals surface area contributed by atoms with Crippen molar-refractivity contribution in [1.29, 1.82) is 0 Å². The zero-order valence-electron chi connectivity index (χ0n) is 16.7. The molecule has 1 amide bonds. The lowest BCUT2D eigenvalue weighted by atomic mass is 9.77. The summed E-state index contributed by atoms with van der Waals surface area (Å²) in [6, 6.07) is 20.0. The van der Waals surface area contributed by atoms with E-state index in [0.717, 1.165) is 22.4 Å². The van der Waals surface area contributed by atoms with E-state index in [1.807, 2.05) is 53.4 Å². The lowest BCUT2D eigenvalue weighted by molar-refractivity contribution is -0.122. The monoisotopic (exact) mass is 399 g/mol. The van der Waals surface area contributed by atoms with Gasteiger partial charge in [0.2, 0.25) is 5.91 Å². The van der Waals surface area contributed by atoms with Crippen LogP contribution in [0, 0.1) is 6.92 Å². The van der Waals surface area contributed by atoms with Gasteiger partial charge in [-0.15, -0.1) is 0 Å². The van der Waals surface area contributed by atoms with Crippen LogP contribution in [-0.4, -0.2) is 25.7 Å². The smallest absolute Gasteiger partial charge is 0.246 e. The minimum absolute atomic E-state index is 0.0439. The average molecular weight is 399 g/mol. The maximum Gasteiger partial charge on any atom is 0.246 e. The number of ether oxygens (including phenoxy) is 3. The zero-order chi connectivity index (χ0) is 20.3. The molecule has 1 atom stereocenters. The second kappa shape index (κ2) is 6.26. The Morgan fingerprint density at radius 1 is 0.867 bits per heavy atom. The van der Waals surface area contributed by atoms with E-state index >= 15 is 0 Å². The Labute approximate surface area is 174 Å². The Balaban J connectivity index is 1.50. The third-order valence-corrected chi connectivity index (χ3v) is 6.40. The molecule has 0 saturated carbocycles. The van der Waals surface area contributed by atoms with Gasteiger partial charge in [-0.25, -0.2) is 0 Å². The molecule has 0 N–H and O–H groups in total. The summed E-state index contributed by atoms with van der Waals surface area (Å²) in [6.07, 6.45) is 0. The van der Waals surface area contributed by atoms with Gasteiger partial charge in [0.25, 0.3) is 0 Å². The third-order valence-electron chi connectivity index (χ3n) is 6.40. The molecule has 1 unspecified atom stereocenters.